The molecule has 0 spiro atoms. The lowest BCUT2D eigenvalue weighted by atomic mass is 9.85. The first-order valence-electron chi connectivity index (χ1n) is 7.37. The fourth-order valence-corrected chi connectivity index (χ4v) is 2.83. The zero-order valence-electron chi connectivity index (χ0n) is 12.5. The predicted molar refractivity (Wildman–Crippen MR) is 76.6 cm³/mol. The van der Waals surface area contributed by atoms with Crippen molar-refractivity contribution in [1.82, 2.24) is 5.32 Å². The molecular formula is C16H20F3NO2. The van der Waals surface area contributed by atoms with Crippen molar-refractivity contribution >= 4 is 5.91 Å². The molecule has 2 rings (SSSR count). The summed E-state index contributed by atoms with van der Waals surface area (Å²) in [6, 6.07) is 6.67. The normalized spacial score (nSPS) is 22.2. The van der Waals surface area contributed by atoms with Gasteiger partial charge >= 0.3 is 6.18 Å². The van der Waals surface area contributed by atoms with Gasteiger partial charge in [-0.1, -0.05) is 18.6 Å². The monoisotopic (exact) mass is 315 g/mol. The molecule has 1 aliphatic rings. The van der Waals surface area contributed by atoms with Crippen molar-refractivity contribution in [1.29, 1.82) is 0 Å². The Morgan fingerprint density at radius 3 is 2.55 bits per heavy atom. The largest absolute Gasteiger partial charge is 0.497 e. The van der Waals surface area contributed by atoms with E-state index in [0.717, 1.165) is 5.56 Å². The lowest BCUT2D eigenvalue weighted by molar-refractivity contribution is -0.184. The van der Waals surface area contributed by atoms with Crippen LogP contribution in [0.25, 0.3) is 0 Å². The molecule has 122 valence electrons. The number of carbonyl (C=O) groups is 1. The number of hydrogen-bond acceptors (Lipinski definition) is 2. The molecule has 2 atom stereocenters. The van der Waals surface area contributed by atoms with E-state index in [1.807, 2.05) is 0 Å². The number of methoxy groups -OCH3 is 1. The van der Waals surface area contributed by atoms with Crippen molar-refractivity contribution in [2.24, 2.45) is 5.92 Å². The summed E-state index contributed by atoms with van der Waals surface area (Å²) in [5, 5.41) is 2.73. The van der Waals surface area contributed by atoms with Crippen LogP contribution < -0.4 is 10.1 Å². The molecule has 0 aromatic heterocycles. The van der Waals surface area contributed by atoms with Gasteiger partial charge in [0.15, 0.2) is 0 Å². The highest BCUT2D eigenvalue weighted by molar-refractivity contribution is 5.78. The van der Waals surface area contributed by atoms with Gasteiger partial charge in [0.25, 0.3) is 0 Å². The lowest BCUT2D eigenvalue weighted by Crippen LogP contribution is -2.42. The molecule has 0 aliphatic heterocycles. The highest BCUT2D eigenvalue weighted by Crippen LogP contribution is 2.37. The first-order valence-corrected chi connectivity index (χ1v) is 7.37. The van der Waals surface area contributed by atoms with Gasteiger partial charge in [0, 0.05) is 6.04 Å². The number of hydrogen-bond donors (Lipinski definition) is 1. The van der Waals surface area contributed by atoms with Crippen LogP contribution in [-0.2, 0) is 11.2 Å². The number of carbonyl (C=O) groups excluding carboxylic acids is 1. The van der Waals surface area contributed by atoms with Crippen LogP contribution in [0.1, 0.15) is 31.2 Å². The number of ether oxygens (including phenoxy) is 1. The fraction of sp³-hybridized carbons (Fsp3) is 0.562. The maximum atomic E-state index is 12.7. The van der Waals surface area contributed by atoms with E-state index in [-0.39, 0.29) is 31.2 Å². The van der Waals surface area contributed by atoms with Crippen molar-refractivity contribution < 1.29 is 22.7 Å². The van der Waals surface area contributed by atoms with E-state index < -0.39 is 12.1 Å². The van der Waals surface area contributed by atoms with Crippen molar-refractivity contribution in [2.45, 2.75) is 44.3 Å². The van der Waals surface area contributed by atoms with Gasteiger partial charge in [-0.2, -0.15) is 13.2 Å². The maximum absolute atomic E-state index is 12.7. The van der Waals surface area contributed by atoms with E-state index >= 15 is 0 Å². The predicted octanol–water partition coefficient (Wildman–Crippen LogP) is 3.48. The van der Waals surface area contributed by atoms with Crippen LogP contribution in [-0.4, -0.2) is 25.2 Å². The average Bonchev–Trinajstić information content (AvgIpc) is 2.47. The number of benzene rings is 1. The lowest BCUT2D eigenvalue weighted by Gasteiger charge is -2.31. The van der Waals surface area contributed by atoms with Crippen LogP contribution >= 0.6 is 0 Å². The molecule has 0 radical (unpaired) electrons. The number of amides is 1. The summed E-state index contributed by atoms with van der Waals surface area (Å²) in [5.74, 6) is -0.838. The molecule has 1 saturated carbocycles. The third kappa shape index (κ3) is 4.64. The zero-order valence-corrected chi connectivity index (χ0v) is 12.5. The quantitative estimate of drug-likeness (QED) is 0.924. The summed E-state index contributed by atoms with van der Waals surface area (Å²) in [6.45, 7) is 0. The summed E-state index contributed by atoms with van der Waals surface area (Å²) in [4.78, 5) is 12.0. The van der Waals surface area contributed by atoms with E-state index in [9.17, 15) is 18.0 Å². The molecule has 1 fully saturated rings. The van der Waals surface area contributed by atoms with Gasteiger partial charge in [-0.3, -0.25) is 4.79 Å². The fourth-order valence-electron chi connectivity index (χ4n) is 2.83. The van der Waals surface area contributed by atoms with Crippen molar-refractivity contribution in [2.75, 3.05) is 7.11 Å². The Morgan fingerprint density at radius 2 is 1.95 bits per heavy atom. The maximum Gasteiger partial charge on any atom is 0.391 e. The van der Waals surface area contributed by atoms with E-state index in [4.69, 9.17) is 4.74 Å². The van der Waals surface area contributed by atoms with Crippen LogP contribution in [0.5, 0.6) is 5.75 Å². The standard InChI is InChI=1S/C16H20F3NO2/c1-22-14-7-5-11(6-8-14)9-15(21)20-13-4-2-3-12(10-13)16(17,18)19/h5-8,12-13H,2-4,9-10H2,1H3,(H,20,21). The minimum atomic E-state index is -4.17. The molecular weight excluding hydrogens is 295 g/mol. The Bertz CT molecular complexity index is 499. The molecule has 0 bridgehead atoms. The van der Waals surface area contributed by atoms with Crippen LogP contribution in [0.3, 0.4) is 0 Å². The second-order valence-electron chi connectivity index (χ2n) is 5.69. The molecule has 1 N–H and O–H groups in total. The molecule has 22 heavy (non-hydrogen) atoms. The minimum Gasteiger partial charge on any atom is -0.497 e. The van der Waals surface area contributed by atoms with Crippen LogP contribution in [0.2, 0.25) is 0 Å². The second-order valence-corrected chi connectivity index (χ2v) is 5.69. The van der Waals surface area contributed by atoms with Gasteiger partial charge in [0.2, 0.25) is 5.91 Å². The van der Waals surface area contributed by atoms with E-state index in [2.05, 4.69) is 5.32 Å². The summed E-state index contributed by atoms with van der Waals surface area (Å²) in [5.41, 5.74) is 0.807. The summed E-state index contributed by atoms with van der Waals surface area (Å²) in [7, 11) is 1.56. The highest BCUT2D eigenvalue weighted by Gasteiger charge is 2.42. The van der Waals surface area contributed by atoms with Gasteiger partial charge in [0.1, 0.15) is 5.75 Å². The van der Waals surface area contributed by atoms with E-state index in [1.54, 1.807) is 31.4 Å². The molecule has 1 aromatic carbocycles. The highest BCUT2D eigenvalue weighted by atomic mass is 19.4. The molecule has 6 heteroatoms. The molecule has 2 unspecified atom stereocenters. The van der Waals surface area contributed by atoms with Crippen LogP contribution in [0, 0.1) is 5.92 Å². The number of rotatable bonds is 4. The molecule has 1 aliphatic carbocycles. The Labute approximate surface area is 127 Å². The Hall–Kier alpha value is -1.72. The minimum absolute atomic E-state index is 0.0160. The van der Waals surface area contributed by atoms with Crippen molar-refractivity contribution in [3.05, 3.63) is 29.8 Å². The van der Waals surface area contributed by atoms with Gasteiger partial charge in [-0.05, 0) is 37.0 Å². The third-order valence-electron chi connectivity index (χ3n) is 4.03. The number of alkyl halides is 3. The first-order chi connectivity index (χ1) is 10.4. The van der Waals surface area contributed by atoms with E-state index in [1.165, 1.54) is 0 Å². The molecule has 1 aromatic rings. The summed E-state index contributed by atoms with van der Waals surface area (Å²) < 4.78 is 43.3. The Morgan fingerprint density at radius 1 is 1.27 bits per heavy atom. The third-order valence-corrected chi connectivity index (χ3v) is 4.03. The van der Waals surface area contributed by atoms with Gasteiger partial charge < -0.3 is 10.1 Å². The topological polar surface area (TPSA) is 38.3 Å². The first kappa shape index (κ1) is 16.6. The van der Waals surface area contributed by atoms with Crippen molar-refractivity contribution in [3.63, 3.8) is 0 Å². The second kappa shape index (κ2) is 7.03. The van der Waals surface area contributed by atoms with E-state index in [0.29, 0.717) is 18.6 Å². The number of nitrogens with one attached hydrogen (secondary N) is 1. The molecule has 0 saturated heterocycles. The summed E-state index contributed by atoms with van der Waals surface area (Å²) in [6.07, 6.45) is -2.75. The van der Waals surface area contributed by atoms with Crippen molar-refractivity contribution in [3.8, 4) is 5.75 Å². The average molecular weight is 315 g/mol. The van der Waals surface area contributed by atoms with Gasteiger partial charge in [-0.25, -0.2) is 0 Å². The Kier molecular flexibility index (Phi) is 5.32. The SMILES string of the molecule is COc1ccc(CC(=O)NC2CCCC(C(F)(F)F)C2)cc1. The Balaban J connectivity index is 1.85. The van der Waals surface area contributed by atoms with Gasteiger partial charge in [0.05, 0.1) is 19.4 Å². The molecule has 0 heterocycles. The van der Waals surface area contributed by atoms with Crippen LogP contribution in [0.4, 0.5) is 13.2 Å². The molecule has 1 amide bonds. The molecule has 3 nitrogen and oxygen atoms in total. The number of halogens is 3. The summed E-state index contributed by atoms with van der Waals surface area (Å²) >= 11 is 0. The van der Waals surface area contributed by atoms with Gasteiger partial charge in [-0.15, -0.1) is 0 Å². The van der Waals surface area contributed by atoms with Crippen LogP contribution in [0.15, 0.2) is 24.3 Å². The zero-order chi connectivity index (χ0) is 16.2. The smallest absolute Gasteiger partial charge is 0.391 e.